The topological polar surface area (TPSA) is 32.3 Å². The van der Waals surface area contributed by atoms with Gasteiger partial charge in [-0.1, -0.05) is 43.3 Å². The highest BCUT2D eigenvalue weighted by molar-refractivity contribution is 5.22. The molecule has 0 aromatic heterocycles. The molecule has 2 aromatic carbocycles. The fourth-order valence-electron chi connectivity index (χ4n) is 2.27. The first-order chi connectivity index (χ1) is 10.1. The van der Waals surface area contributed by atoms with Gasteiger partial charge in [-0.15, -0.1) is 0 Å². The summed E-state index contributed by atoms with van der Waals surface area (Å²) >= 11 is 0. The van der Waals surface area contributed by atoms with Gasteiger partial charge >= 0.3 is 0 Å². The molecule has 0 saturated carbocycles. The van der Waals surface area contributed by atoms with Crippen molar-refractivity contribution in [2.45, 2.75) is 18.9 Å². The summed E-state index contributed by atoms with van der Waals surface area (Å²) in [7, 11) is 0. The fraction of sp³-hybridized carbons (Fsp3) is 0.294. The van der Waals surface area contributed by atoms with Crippen molar-refractivity contribution in [1.29, 1.82) is 0 Å². The molecule has 0 bridgehead atoms. The van der Waals surface area contributed by atoms with Crippen LogP contribution in [0.1, 0.15) is 30.1 Å². The van der Waals surface area contributed by atoms with Crippen LogP contribution in [0.2, 0.25) is 0 Å². The van der Waals surface area contributed by atoms with E-state index in [9.17, 15) is 13.9 Å². The number of aliphatic hydroxyl groups is 1. The molecule has 2 aromatic rings. The van der Waals surface area contributed by atoms with Crippen molar-refractivity contribution in [2.75, 3.05) is 13.1 Å². The first-order valence-electron chi connectivity index (χ1n) is 6.97. The van der Waals surface area contributed by atoms with Gasteiger partial charge in [-0.05, 0) is 23.6 Å². The Morgan fingerprint density at radius 3 is 2.19 bits per heavy atom. The number of rotatable bonds is 6. The van der Waals surface area contributed by atoms with Crippen molar-refractivity contribution in [2.24, 2.45) is 0 Å². The van der Waals surface area contributed by atoms with Crippen LogP contribution in [0.4, 0.5) is 8.78 Å². The van der Waals surface area contributed by atoms with Crippen LogP contribution in [0, 0.1) is 11.6 Å². The van der Waals surface area contributed by atoms with E-state index in [2.05, 4.69) is 12.2 Å². The highest BCUT2D eigenvalue weighted by Gasteiger charge is 2.17. The van der Waals surface area contributed by atoms with Gasteiger partial charge in [0, 0.05) is 13.1 Å². The van der Waals surface area contributed by atoms with Crippen LogP contribution in [0.5, 0.6) is 0 Å². The Labute approximate surface area is 123 Å². The molecular weight excluding hydrogens is 272 g/mol. The summed E-state index contributed by atoms with van der Waals surface area (Å²) in [5.41, 5.74) is 0.897. The maximum Gasteiger partial charge on any atom is 0.131 e. The van der Waals surface area contributed by atoms with Crippen molar-refractivity contribution < 1.29 is 13.9 Å². The minimum absolute atomic E-state index is 0.106. The van der Waals surface area contributed by atoms with E-state index in [1.54, 1.807) is 0 Å². The number of hydrogen-bond acceptors (Lipinski definition) is 2. The molecule has 21 heavy (non-hydrogen) atoms. The van der Waals surface area contributed by atoms with Gasteiger partial charge in [-0.2, -0.15) is 0 Å². The molecule has 0 amide bonds. The zero-order chi connectivity index (χ0) is 15.2. The largest absolute Gasteiger partial charge is 0.387 e. The van der Waals surface area contributed by atoms with E-state index in [4.69, 9.17) is 0 Å². The van der Waals surface area contributed by atoms with E-state index < -0.39 is 17.7 Å². The Balaban J connectivity index is 1.89. The predicted octanol–water partition coefficient (Wildman–Crippen LogP) is 3.39. The Morgan fingerprint density at radius 1 is 0.952 bits per heavy atom. The van der Waals surface area contributed by atoms with Crippen LogP contribution in [0.25, 0.3) is 0 Å². The Morgan fingerprint density at radius 2 is 1.57 bits per heavy atom. The average Bonchev–Trinajstić information content (AvgIpc) is 2.48. The monoisotopic (exact) mass is 291 g/mol. The Hall–Kier alpha value is -1.78. The quantitative estimate of drug-likeness (QED) is 0.855. The zero-order valence-electron chi connectivity index (χ0n) is 11.9. The van der Waals surface area contributed by atoms with Crippen LogP contribution < -0.4 is 5.32 Å². The van der Waals surface area contributed by atoms with Crippen molar-refractivity contribution in [3.63, 3.8) is 0 Å². The molecule has 2 nitrogen and oxygen atoms in total. The molecule has 112 valence electrons. The highest BCUT2D eigenvalue weighted by atomic mass is 19.1. The van der Waals surface area contributed by atoms with E-state index >= 15 is 0 Å². The minimum Gasteiger partial charge on any atom is -0.387 e. The third-order valence-corrected chi connectivity index (χ3v) is 3.49. The molecule has 0 aliphatic heterocycles. The van der Waals surface area contributed by atoms with Crippen molar-refractivity contribution >= 4 is 0 Å². The number of aliphatic hydroxyl groups excluding tert-OH is 1. The van der Waals surface area contributed by atoms with Gasteiger partial charge < -0.3 is 10.4 Å². The number of nitrogens with one attached hydrogen (secondary N) is 1. The summed E-state index contributed by atoms with van der Waals surface area (Å²) in [6.45, 7) is 2.78. The molecular formula is C17H19F2NO. The standard InChI is InChI=1S/C17H19F2NO/c1-12(13-6-3-2-4-7-13)10-20-11-16(21)17-14(18)8-5-9-15(17)19/h2-9,12,16,20-21H,10-11H2,1H3. The van der Waals surface area contributed by atoms with E-state index in [-0.39, 0.29) is 18.0 Å². The second kappa shape index (κ2) is 7.29. The molecule has 2 rings (SSSR count). The molecule has 0 aliphatic carbocycles. The minimum atomic E-state index is -1.20. The van der Waals surface area contributed by atoms with Gasteiger partial charge in [-0.3, -0.25) is 0 Å². The summed E-state index contributed by atoms with van der Waals surface area (Å²) in [5, 5.41) is 13.0. The highest BCUT2D eigenvalue weighted by Crippen LogP contribution is 2.20. The van der Waals surface area contributed by atoms with Crippen LogP contribution >= 0.6 is 0 Å². The lowest BCUT2D eigenvalue weighted by molar-refractivity contribution is 0.164. The average molecular weight is 291 g/mol. The Kier molecular flexibility index (Phi) is 5.42. The second-order valence-corrected chi connectivity index (χ2v) is 5.12. The molecule has 4 heteroatoms. The lowest BCUT2D eigenvalue weighted by atomic mass is 10.0. The molecule has 2 unspecified atom stereocenters. The Bertz CT molecular complexity index is 554. The van der Waals surface area contributed by atoms with Crippen molar-refractivity contribution in [1.82, 2.24) is 5.32 Å². The van der Waals surface area contributed by atoms with Crippen LogP contribution in [-0.2, 0) is 0 Å². The lowest BCUT2D eigenvalue weighted by Crippen LogP contribution is -2.26. The third-order valence-electron chi connectivity index (χ3n) is 3.49. The number of benzene rings is 2. The normalized spacial score (nSPS) is 13.9. The smallest absolute Gasteiger partial charge is 0.131 e. The predicted molar refractivity (Wildman–Crippen MR) is 79.0 cm³/mol. The van der Waals surface area contributed by atoms with Crippen molar-refractivity contribution in [3.8, 4) is 0 Å². The van der Waals surface area contributed by atoms with Gasteiger partial charge in [0.05, 0.1) is 11.7 Å². The summed E-state index contributed by atoms with van der Waals surface area (Å²) in [6.07, 6.45) is -1.20. The van der Waals surface area contributed by atoms with Crippen LogP contribution in [0.3, 0.4) is 0 Å². The van der Waals surface area contributed by atoms with Gasteiger partial charge in [0.2, 0.25) is 0 Å². The first-order valence-corrected chi connectivity index (χ1v) is 6.97. The van der Waals surface area contributed by atoms with Gasteiger partial charge in [0.1, 0.15) is 11.6 Å². The van der Waals surface area contributed by atoms with E-state index in [0.29, 0.717) is 6.54 Å². The molecule has 0 radical (unpaired) electrons. The zero-order valence-corrected chi connectivity index (χ0v) is 11.9. The van der Waals surface area contributed by atoms with Gasteiger partial charge in [-0.25, -0.2) is 8.78 Å². The van der Waals surface area contributed by atoms with E-state index in [0.717, 1.165) is 12.1 Å². The maximum atomic E-state index is 13.5. The summed E-state index contributed by atoms with van der Waals surface area (Å²) in [6, 6.07) is 13.5. The molecule has 2 N–H and O–H groups in total. The maximum absolute atomic E-state index is 13.5. The molecule has 0 fully saturated rings. The number of hydrogen-bond donors (Lipinski definition) is 2. The van der Waals surface area contributed by atoms with Crippen LogP contribution in [-0.4, -0.2) is 18.2 Å². The third kappa shape index (κ3) is 4.09. The molecule has 2 atom stereocenters. The fourth-order valence-corrected chi connectivity index (χ4v) is 2.27. The lowest BCUT2D eigenvalue weighted by Gasteiger charge is -2.17. The molecule has 0 heterocycles. The van der Waals surface area contributed by atoms with Crippen molar-refractivity contribution in [3.05, 3.63) is 71.3 Å². The summed E-state index contributed by atoms with van der Waals surface area (Å²) in [5.74, 6) is -1.19. The summed E-state index contributed by atoms with van der Waals surface area (Å²) in [4.78, 5) is 0. The number of halogens is 2. The SMILES string of the molecule is CC(CNCC(O)c1c(F)cccc1F)c1ccccc1. The van der Waals surface area contributed by atoms with E-state index in [1.807, 2.05) is 30.3 Å². The van der Waals surface area contributed by atoms with Crippen LogP contribution in [0.15, 0.2) is 48.5 Å². The van der Waals surface area contributed by atoms with Gasteiger partial charge in [0.25, 0.3) is 0 Å². The summed E-state index contributed by atoms with van der Waals surface area (Å²) < 4.78 is 27.0. The molecule has 0 aliphatic rings. The second-order valence-electron chi connectivity index (χ2n) is 5.12. The first kappa shape index (κ1) is 15.6. The van der Waals surface area contributed by atoms with E-state index in [1.165, 1.54) is 11.6 Å². The molecule has 0 saturated heterocycles. The molecule has 0 spiro atoms. The van der Waals surface area contributed by atoms with Gasteiger partial charge in [0.15, 0.2) is 0 Å².